The number of hydrogen-bond donors (Lipinski definition) is 2. The highest BCUT2D eigenvalue weighted by Gasteiger charge is 2.21. The zero-order chi connectivity index (χ0) is 14.0. The maximum Gasteiger partial charge on any atom is 0.240 e. The third-order valence-corrected chi connectivity index (χ3v) is 4.77. The molecule has 1 atom stereocenters. The quantitative estimate of drug-likeness (QED) is 0.855. The van der Waals surface area contributed by atoms with E-state index >= 15 is 0 Å². The maximum atomic E-state index is 12.6. The second kappa shape index (κ2) is 6.98. The summed E-state index contributed by atoms with van der Waals surface area (Å²) in [4.78, 5) is 0.264. The predicted molar refractivity (Wildman–Crippen MR) is 82.5 cm³/mol. The summed E-state index contributed by atoms with van der Waals surface area (Å²) in [5.74, 6) is 0. The summed E-state index contributed by atoms with van der Waals surface area (Å²) in [6.45, 7) is 3.66. The number of hydrogen-bond acceptors (Lipinski definition) is 3. The van der Waals surface area contributed by atoms with Crippen LogP contribution in [0.5, 0.6) is 0 Å². The van der Waals surface area contributed by atoms with E-state index in [0.29, 0.717) is 13.0 Å². The van der Waals surface area contributed by atoms with E-state index in [2.05, 4.69) is 10.0 Å². The van der Waals surface area contributed by atoms with Gasteiger partial charge in [0.2, 0.25) is 10.0 Å². The van der Waals surface area contributed by atoms with Crippen LogP contribution in [0.3, 0.4) is 0 Å². The number of alkyl halides is 1. The van der Waals surface area contributed by atoms with Gasteiger partial charge in [-0.05, 0) is 43.5 Å². The van der Waals surface area contributed by atoms with Gasteiger partial charge in [0.15, 0.2) is 0 Å². The molecule has 1 aliphatic rings. The van der Waals surface area contributed by atoms with Crippen molar-refractivity contribution in [3.8, 4) is 0 Å². The Kier molecular flexibility index (Phi) is 6.12. The van der Waals surface area contributed by atoms with Crippen molar-refractivity contribution in [2.75, 3.05) is 6.67 Å². The Hall–Kier alpha value is -0.500. The van der Waals surface area contributed by atoms with Gasteiger partial charge in [-0.15, -0.1) is 17.0 Å². The van der Waals surface area contributed by atoms with Crippen LogP contribution in [0.4, 0.5) is 4.39 Å². The molecule has 1 aliphatic heterocycles. The van der Waals surface area contributed by atoms with Crippen LogP contribution in [0.1, 0.15) is 25.0 Å². The monoisotopic (exact) mass is 366 g/mol. The highest BCUT2D eigenvalue weighted by Crippen LogP contribution is 2.21. The lowest BCUT2D eigenvalue weighted by molar-refractivity contribution is 0.358. The standard InChI is InChI=1S/C13H19FN2O2S.BrH/c1-9(2)16-19(17,18)13-4-3-10-5-12(7-14)15-8-11(10)6-13;/h3-4,6,9,12,15-16H,5,7-8H2,1-2H3;1H. The average Bonchev–Trinajstić information content (AvgIpc) is 2.36. The van der Waals surface area contributed by atoms with Gasteiger partial charge in [-0.1, -0.05) is 6.07 Å². The summed E-state index contributed by atoms with van der Waals surface area (Å²) in [5.41, 5.74) is 1.95. The minimum absolute atomic E-state index is 0. The lowest BCUT2D eigenvalue weighted by Gasteiger charge is -2.24. The third kappa shape index (κ3) is 4.00. The van der Waals surface area contributed by atoms with Crippen LogP contribution >= 0.6 is 17.0 Å². The number of benzene rings is 1. The van der Waals surface area contributed by atoms with Crippen molar-refractivity contribution in [3.05, 3.63) is 29.3 Å². The van der Waals surface area contributed by atoms with E-state index < -0.39 is 16.7 Å². The molecule has 0 radical (unpaired) electrons. The summed E-state index contributed by atoms with van der Waals surface area (Å²) in [6, 6.07) is 4.73. The van der Waals surface area contributed by atoms with Crippen LogP contribution in [0.15, 0.2) is 23.1 Å². The van der Waals surface area contributed by atoms with Crippen molar-refractivity contribution in [1.29, 1.82) is 0 Å². The molecule has 0 amide bonds. The van der Waals surface area contributed by atoms with Crippen LogP contribution < -0.4 is 10.0 Å². The maximum absolute atomic E-state index is 12.6. The van der Waals surface area contributed by atoms with Crippen molar-refractivity contribution in [3.63, 3.8) is 0 Å². The molecule has 2 N–H and O–H groups in total. The second-order valence-electron chi connectivity index (χ2n) is 5.14. The average molecular weight is 367 g/mol. The van der Waals surface area contributed by atoms with Gasteiger partial charge in [-0.25, -0.2) is 17.5 Å². The Bertz CT molecular complexity index is 563. The van der Waals surface area contributed by atoms with Crippen LogP contribution in [0, 0.1) is 0 Å². The molecule has 1 aromatic rings. The van der Waals surface area contributed by atoms with E-state index in [1.54, 1.807) is 32.0 Å². The third-order valence-electron chi connectivity index (χ3n) is 3.11. The van der Waals surface area contributed by atoms with Gasteiger partial charge in [0, 0.05) is 18.6 Å². The minimum Gasteiger partial charge on any atom is -0.307 e. The number of halogens is 2. The summed E-state index contributed by atoms with van der Waals surface area (Å²) in [5, 5.41) is 3.05. The van der Waals surface area contributed by atoms with E-state index in [0.717, 1.165) is 11.1 Å². The fraction of sp³-hybridized carbons (Fsp3) is 0.538. The highest BCUT2D eigenvalue weighted by molar-refractivity contribution is 8.93. The van der Waals surface area contributed by atoms with Crippen molar-refractivity contribution in [1.82, 2.24) is 10.0 Å². The van der Waals surface area contributed by atoms with Gasteiger partial charge >= 0.3 is 0 Å². The molecule has 0 saturated carbocycles. The normalized spacial score (nSPS) is 18.5. The molecule has 1 unspecified atom stereocenters. The molecule has 1 aromatic carbocycles. The molecule has 20 heavy (non-hydrogen) atoms. The number of sulfonamides is 1. The molecule has 114 valence electrons. The van der Waals surface area contributed by atoms with Crippen molar-refractivity contribution in [2.24, 2.45) is 0 Å². The van der Waals surface area contributed by atoms with Gasteiger partial charge in [0.1, 0.15) is 6.67 Å². The fourth-order valence-electron chi connectivity index (χ4n) is 2.21. The number of nitrogens with one attached hydrogen (secondary N) is 2. The van der Waals surface area contributed by atoms with Crippen LogP contribution in [0.2, 0.25) is 0 Å². The molecular formula is C13H20BrFN2O2S. The largest absolute Gasteiger partial charge is 0.307 e. The van der Waals surface area contributed by atoms with Gasteiger partial charge in [0.05, 0.1) is 4.90 Å². The summed E-state index contributed by atoms with van der Waals surface area (Å²) in [7, 11) is -3.46. The first-order chi connectivity index (χ1) is 8.92. The van der Waals surface area contributed by atoms with Gasteiger partial charge in [-0.2, -0.15) is 0 Å². The zero-order valence-corrected chi connectivity index (χ0v) is 14.0. The molecule has 0 aliphatic carbocycles. The molecule has 0 saturated heterocycles. The minimum atomic E-state index is -3.46. The first kappa shape index (κ1) is 17.6. The topological polar surface area (TPSA) is 58.2 Å². The molecular weight excluding hydrogens is 347 g/mol. The Morgan fingerprint density at radius 3 is 2.70 bits per heavy atom. The molecule has 0 bridgehead atoms. The fourth-order valence-corrected chi connectivity index (χ4v) is 3.51. The first-order valence-electron chi connectivity index (χ1n) is 6.36. The number of rotatable bonds is 4. The molecule has 7 heteroatoms. The SMILES string of the molecule is Br.CC(C)NS(=O)(=O)c1ccc2c(c1)CNC(CF)C2. The van der Waals surface area contributed by atoms with E-state index in [1.807, 2.05) is 0 Å². The van der Waals surface area contributed by atoms with E-state index in [4.69, 9.17) is 0 Å². The van der Waals surface area contributed by atoms with Crippen molar-refractivity contribution in [2.45, 2.75) is 43.8 Å². The Morgan fingerprint density at radius 1 is 1.40 bits per heavy atom. The van der Waals surface area contributed by atoms with Gasteiger partial charge in [-0.3, -0.25) is 0 Å². The first-order valence-corrected chi connectivity index (χ1v) is 7.84. The Labute approximate surface area is 130 Å². The Morgan fingerprint density at radius 2 is 2.10 bits per heavy atom. The lowest BCUT2D eigenvalue weighted by atomic mass is 9.96. The summed E-state index contributed by atoms with van der Waals surface area (Å²) in [6.07, 6.45) is 0.601. The zero-order valence-electron chi connectivity index (χ0n) is 11.5. The van der Waals surface area contributed by atoms with Crippen LogP contribution in [-0.2, 0) is 23.0 Å². The molecule has 0 aromatic heterocycles. The molecule has 2 rings (SSSR count). The number of fused-ring (bicyclic) bond motifs is 1. The van der Waals surface area contributed by atoms with Crippen LogP contribution in [-0.4, -0.2) is 27.2 Å². The molecule has 0 fully saturated rings. The smallest absolute Gasteiger partial charge is 0.240 e. The van der Waals surface area contributed by atoms with Crippen molar-refractivity contribution < 1.29 is 12.8 Å². The predicted octanol–water partition coefficient (Wildman–Crippen LogP) is 1.93. The summed E-state index contributed by atoms with van der Waals surface area (Å²) < 4.78 is 39.3. The van der Waals surface area contributed by atoms with E-state index in [9.17, 15) is 12.8 Å². The Balaban J connectivity index is 0.00000200. The molecule has 4 nitrogen and oxygen atoms in total. The van der Waals surface area contributed by atoms with Crippen molar-refractivity contribution >= 4 is 27.0 Å². The molecule has 1 heterocycles. The van der Waals surface area contributed by atoms with Gasteiger partial charge in [0.25, 0.3) is 0 Å². The van der Waals surface area contributed by atoms with E-state index in [1.165, 1.54) is 0 Å². The molecule has 0 spiro atoms. The van der Waals surface area contributed by atoms with Gasteiger partial charge < -0.3 is 5.32 Å². The summed E-state index contributed by atoms with van der Waals surface area (Å²) >= 11 is 0. The second-order valence-corrected chi connectivity index (χ2v) is 6.86. The van der Waals surface area contributed by atoms with E-state index in [-0.39, 0.29) is 34.0 Å². The highest BCUT2D eigenvalue weighted by atomic mass is 79.9. The van der Waals surface area contributed by atoms with Crippen LogP contribution in [0.25, 0.3) is 0 Å². The lowest BCUT2D eigenvalue weighted by Crippen LogP contribution is -2.37.